The fourth-order valence-corrected chi connectivity index (χ4v) is 5.38. The maximum atomic E-state index is 12.8. The van der Waals surface area contributed by atoms with Gasteiger partial charge in [0.05, 0.1) is 4.90 Å². The highest BCUT2D eigenvalue weighted by Gasteiger charge is 2.29. The van der Waals surface area contributed by atoms with Crippen LogP contribution in [0.25, 0.3) is 10.8 Å². The highest BCUT2D eigenvalue weighted by Crippen LogP contribution is 2.23. The average molecular weight is 494 g/mol. The zero-order chi connectivity index (χ0) is 25.2. The topological polar surface area (TPSA) is 86.8 Å². The number of carbonyl (C=O) groups excluding carboxylic acids is 2. The Hall–Kier alpha value is -3.39. The summed E-state index contributed by atoms with van der Waals surface area (Å²) in [5.74, 6) is -1.05. The molecular formula is C27H31N3O4S. The van der Waals surface area contributed by atoms with Gasteiger partial charge in [0.15, 0.2) is 9.84 Å². The van der Waals surface area contributed by atoms with Gasteiger partial charge in [0.25, 0.3) is 0 Å². The minimum absolute atomic E-state index is 0.130. The number of amides is 2. The summed E-state index contributed by atoms with van der Waals surface area (Å²) in [5.41, 5.74) is 1.15. The van der Waals surface area contributed by atoms with E-state index in [0.29, 0.717) is 18.8 Å². The van der Waals surface area contributed by atoms with Gasteiger partial charge in [-0.05, 0) is 47.2 Å². The Morgan fingerprint density at radius 3 is 2.11 bits per heavy atom. The molecule has 1 saturated heterocycles. The highest BCUT2D eigenvalue weighted by molar-refractivity contribution is 7.92. The molecule has 3 aromatic carbocycles. The molecule has 0 bridgehead atoms. The number of hydrogen-bond acceptors (Lipinski definition) is 5. The summed E-state index contributed by atoms with van der Waals surface area (Å²) in [7, 11) is -3.77. The van der Waals surface area contributed by atoms with Crippen LogP contribution in [0, 0.1) is 5.41 Å². The Morgan fingerprint density at radius 1 is 0.857 bits per heavy atom. The Morgan fingerprint density at radius 2 is 1.49 bits per heavy atom. The van der Waals surface area contributed by atoms with Gasteiger partial charge in [0, 0.05) is 43.0 Å². The zero-order valence-electron chi connectivity index (χ0n) is 20.3. The number of rotatable bonds is 5. The molecule has 0 aromatic heterocycles. The van der Waals surface area contributed by atoms with Crippen molar-refractivity contribution in [3.8, 4) is 0 Å². The molecule has 0 saturated carbocycles. The van der Waals surface area contributed by atoms with E-state index in [4.69, 9.17) is 0 Å². The normalized spacial score (nSPS) is 14.7. The predicted octanol–water partition coefficient (Wildman–Crippen LogP) is 3.95. The fourth-order valence-electron chi connectivity index (χ4n) is 4.21. The average Bonchev–Trinajstić information content (AvgIpc) is 2.83. The standard InChI is InChI=1S/C27H31N3O4S/c1-27(2,3)26(32)30-16-14-29(15-17-30)23-11-9-22(10-12-23)28-25(31)19-35(33,34)24-13-8-20-6-4-5-7-21(20)18-24/h4-13,18H,14-17,19H2,1-3H3,(H,28,31). The van der Waals surface area contributed by atoms with Crippen molar-refractivity contribution in [2.45, 2.75) is 25.7 Å². The largest absolute Gasteiger partial charge is 0.368 e. The Bertz CT molecular complexity index is 1340. The number of sulfone groups is 1. The molecule has 7 nitrogen and oxygen atoms in total. The quantitative estimate of drug-likeness (QED) is 0.582. The lowest BCUT2D eigenvalue weighted by Crippen LogP contribution is -2.51. The van der Waals surface area contributed by atoms with E-state index < -0.39 is 21.5 Å². The van der Waals surface area contributed by atoms with Crippen molar-refractivity contribution >= 4 is 43.8 Å². The molecule has 1 aliphatic rings. The number of nitrogens with zero attached hydrogens (tertiary/aromatic N) is 2. The minimum atomic E-state index is -3.77. The van der Waals surface area contributed by atoms with Gasteiger partial charge < -0.3 is 15.1 Å². The molecule has 0 atom stereocenters. The van der Waals surface area contributed by atoms with Crippen molar-refractivity contribution in [1.29, 1.82) is 0 Å². The van der Waals surface area contributed by atoms with E-state index in [1.54, 1.807) is 24.3 Å². The van der Waals surface area contributed by atoms with Crippen LogP contribution in [0.5, 0.6) is 0 Å². The minimum Gasteiger partial charge on any atom is -0.368 e. The summed E-state index contributed by atoms with van der Waals surface area (Å²) < 4.78 is 25.6. The molecule has 1 N–H and O–H groups in total. The van der Waals surface area contributed by atoms with E-state index in [1.807, 2.05) is 62.1 Å². The second-order valence-corrected chi connectivity index (χ2v) is 11.9. The van der Waals surface area contributed by atoms with Crippen molar-refractivity contribution in [3.05, 3.63) is 66.7 Å². The van der Waals surface area contributed by atoms with E-state index in [2.05, 4.69) is 10.2 Å². The number of anilines is 2. The molecule has 2 amide bonds. The zero-order valence-corrected chi connectivity index (χ0v) is 21.1. The lowest BCUT2D eigenvalue weighted by molar-refractivity contribution is -0.139. The molecule has 35 heavy (non-hydrogen) atoms. The smallest absolute Gasteiger partial charge is 0.239 e. The first-order chi connectivity index (χ1) is 16.5. The number of fused-ring (bicyclic) bond motifs is 1. The molecule has 0 radical (unpaired) electrons. The lowest BCUT2D eigenvalue weighted by Gasteiger charge is -2.38. The van der Waals surface area contributed by atoms with Crippen molar-refractivity contribution < 1.29 is 18.0 Å². The third-order valence-corrected chi connectivity index (χ3v) is 7.74. The van der Waals surface area contributed by atoms with Gasteiger partial charge in [-0.25, -0.2) is 8.42 Å². The molecule has 4 rings (SSSR count). The summed E-state index contributed by atoms with van der Waals surface area (Å²) in [4.78, 5) is 29.2. The van der Waals surface area contributed by atoms with E-state index >= 15 is 0 Å². The lowest BCUT2D eigenvalue weighted by atomic mass is 9.94. The number of carbonyl (C=O) groups is 2. The Kier molecular flexibility index (Phi) is 6.85. The van der Waals surface area contributed by atoms with E-state index in [9.17, 15) is 18.0 Å². The SMILES string of the molecule is CC(C)(C)C(=O)N1CCN(c2ccc(NC(=O)CS(=O)(=O)c3ccc4ccccc4c3)cc2)CC1. The third kappa shape index (κ3) is 5.82. The third-order valence-electron chi connectivity index (χ3n) is 6.13. The summed E-state index contributed by atoms with van der Waals surface area (Å²) in [6.07, 6.45) is 0. The molecule has 0 spiro atoms. The van der Waals surface area contributed by atoms with Gasteiger partial charge in [-0.2, -0.15) is 0 Å². The summed E-state index contributed by atoms with van der Waals surface area (Å²) in [6.45, 7) is 8.60. The van der Waals surface area contributed by atoms with Gasteiger partial charge in [-0.15, -0.1) is 0 Å². The van der Waals surface area contributed by atoms with Crippen molar-refractivity contribution in [1.82, 2.24) is 4.90 Å². The molecule has 8 heteroatoms. The van der Waals surface area contributed by atoms with E-state index in [0.717, 1.165) is 29.5 Å². The summed E-state index contributed by atoms with van der Waals surface area (Å²) >= 11 is 0. The monoisotopic (exact) mass is 493 g/mol. The molecule has 3 aromatic rings. The second-order valence-electron chi connectivity index (χ2n) is 9.89. The number of nitrogens with one attached hydrogen (secondary N) is 1. The molecule has 0 unspecified atom stereocenters. The molecule has 1 fully saturated rings. The van der Waals surface area contributed by atoms with Crippen LogP contribution in [0.4, 0.5) is 11.4 Å². The van der Waals surface area contributed by atoms with Crippen LogP contribution in [-0.4, -0.2) is 57.1 Å². The summed E-state index contributed by atoms with van der Waals surface area (Å²) in [6, 6.07) is 19.7. The molecule has 0 aliphatic carbocycles. The number of hydrogen-bond donors (Lipinski definition) is 1. The maximum Gasteiger partial charge on any atom is 0.239 e. The van der Waals surface area contributed by atoms with E-state index in [1.165, 1.54) is 6.07 Å². The first kappa shape index (κ1) is 24.7. The van der Waals surface area contributed by atoms with E-state index in [-0.39, 0.29) is 16.2 Å². The Labute approximate surface area is 206 Å². The van der Waals surface area contributed by atoms with Gasteiger partial charge in [-0.1, -0.05) is 51.1 Å². The van der Waals surface area contributed by atoms with Crippen molar-refractivity contribution in [2.75, 3.05) is 42.1 Å². The number of benzene rings is 3. The second kappa shape index (κ2) is 9.70. The highest BCUT2D eigenvalue weighted by atomic mass is 32.2. The molecule has 1 aliphatic heterocycles. The maximum absolute atomic E-state index is 12.8. The summed E-state index contributed by atoms with van der Waals surface area (Å²) in [5, 5.41) is 4.44. The molecule has 184 valence electrons. The first-order valence-electron chi connectivity index (χ1n) is 11.7. The van der Waals surface area contributed by atoms with Crippen LogP contribution in [0.1, 0.15) is 20.8 Å². The molecule has 1 heterocycles. The van der Waals surface area contributed by atoms with Gasteiger partial charge >= 0.3 is 0 Å². The van der Waals surface area contributed by atoms with Gasteiger partial charge in [-0.3, -0.25) is 9.59 Å². The number of piperazine rings is 1. The predicted molar refractivity (Wildman–Crippen MR) is 139 cm³/mol. The Balaban J connectivity index is 1.34. The van der Waals surface area contributed by atoms with Crippen molar-refractivity contribution in [3.63, 3.8) is 0 Å². The molecular weight excluding hydrogens is 462 g/mol. The van der Waals surface area contributed by atoms with Crippen LogP contribution in [0.15, 0.2) is 71.6 Å². The van der Waals surface area contributed by atoms with Crippen LogP contribution in [0.2, 0.25) is 0 Å². The van der Waals surface area contributed by atoms with Gasteiger partial charge in [0.1, 0.15) is 5.75 Å². The van der Waals surface area contributed by atoms with Crippen molar-refractivity contribution in [2.24, 2.45) is 5.41 Å². The first-order valence-corrected chi connectivity index (χ1v) is 13.3. The van der Waals surface area contributed by atoms with Crippen LogP contribution in [-0.2, 0) is 19.4 Å². The van der Waals surface area contributed by atoms with Gasteiger partial charge in [0.2, 0.25) is 11.8 Å². The van der Waals surface area contributed by atoms with Crippen LogP contribution < -0.4 is 10.2 Å². The van der Waals surface area contributed by atoms with Crippen LogP contribution >= 0.6 is 0 Å². The fraction of sp³-hybridized carbons (Fsp3) is 0.333. The van der Waals surface area contributed by atoms with Crippen LogP contribution in [0.3, 0.4) is 0 Å².